The molecule has 1 heterocycles. The Morgan fingerprint density at radius 2 is 1.89 bits per heavy atom. The van der Waals surface area contributed by atoms with Gasteiger partial charge in [-0.15, -0.1) is 0 Å². The average Bonchev–Trinajstić information content (AvgIpc) is 2.38. The number of halogens is 2. The van der Waals surface area contributed by atoms with Crippen LogP contribution in [0.5, 0.6) is 5.75 Å². The van der Waals surface area contributed by atoms with Crippen molar-refractivity contribution in [3.63, 3.8) is 0 Å². The minimum absolute atomic E-state index is 0.0551. The predicted molar refractivity (Wildman–Crippen MR) is 65.1 cm³/mol. The van der Waals surface area contributed by atoms with Crippen molar-refractivity contribution in [1.82, 2.24) is 0 Å². The summed E-state index contributed by atoms with van der Waals surface area (Å²) in [5.74, 6) is -1.01. The summed E-state index contributed by atoms with van der Waals surface area (Å²) in [6.07, 6.45) is -0.650. The van der Waals surface area contributed by atoms with Gasteiger partial charge in [-0.3, -0.25) is 4.79 Å². The normalized spacial score (nSPS) is 17.8. The van der Waals surface area contributed by atoms with E-state index in [4.69, 9.17) is 4.74 Å². The van der Waals surface area contributed by atoms with E-state index in [0.717, 1.165) is 12.1 Å². The molecule has 2 aromatic rings. The Labute approximate surface area is 108 Å². The smallest absolute Gasteiger partial charge is 0.170 e. The predicted octanol–water partition coefficient (Wildman–Crippen LogP) is 3.67. The quantitative estimate of drug-likeness (QED) is 0.782. The lowest BCUT2D eigenvalue weighted by Gasteiger charge is -2.25. The summed E-state index contributed by atoms with van der Waals surface area (Å²) in [6, 6.07) is 10.1. The fourth-order valence-corrected chi connectivity index (χ4v) is 2.21. The number of ketones is 1. The largest absolute Gasteiger partial charge is 0.484 e. The third kappa shape index (κ3) is 2.10. The van der Waals surface area contributed by atoms with Gasteiger partial charge in [-0.1, -0.05) is 12.1 Å². The number of benzene rings is 2. The standard InChI is InChI=1S/C15H10F2O2/c16-9-5-6-10(12(17)7-9)15-8-13(18)11-3-1-2-4-14(11)19-15/h1-7,15H,8H2. The highest BCUT2D eigenvalue weighted by Crippen LogP contribution is 2.35. The van der Waals surface area contributed by atoms with E-state index in [2.05, 4.69) is 0 Å². The number of hydrogen-bond acceptors (Lipinski definition) is 2. The second-order valence-electron chi connectivity index (χ2n) is 4.40. The lowest BCUT2D eigenvalue weighted by molar-refractivity contribution is 0.0846. The molecule has 0 amide bonds. The van der Waals surface area contributed by atoms with Crippen LogP contribution in [0.4, 0.5) is 8.78 Å². The first-order valence-electron chi connectivity index (χ1n) is 5.89. The van der Waals surface area contributed by atoms with Crippen LogP contribution in [-0.2, 0) is 0 Å². The second kappa shape index (κ2) is 4.46. The van der Waals surface area contributed by atoms with E-state index in [1.165, 1.54) is 6.07 Å². The molecule has 2 nitrogen and oxygen atoms in total. The van der Waals surface area contributed by atoms with Crippen LogP contribution in [0.25, 0.3) is 0 Å². The summed E-state index contributed by atoms with van der Waals surface area (Å²) < 4.78 is 32.2. The molecule has 19 heavy (non-hydrogen) atoms. The Balaban J connectivity index is 1.99. The molecule has 0 bridgehead atoms. The molecule has 0 aliphatic carbocycles. The van der Waals surface area contributed by atoms with Gasteiger partial charge in [-0.25, -0.2) is 8.78 Å². The summed E-state index contributed by atoms with van der Waals surface area (Å²) in [5.41, 5.74) is 0.700. The molecule has 1 aliphatic rings. The van der Waals surface area contributed by atoms with Crippen molar-refractivity contribution >= 4 is 5.78 Å². The van der Waals surface area contributed by atoms with Gasteiger partial charge in [0.25, 0.3) is 0 Å². The van der Waals surface area contributed by atoms with Crippen molar-refractivity contribution in [2.45, 2.75) is 12.5 Å². The Bertz CT molecular complexity index is 652. The number of Topliss-reactive ketones (excluding diaryl/α,β-unsaturated/α-hetero) is 1. The van der Waals surface area contributed by atoms with Crippen molar-refractivity contribution in [3.05, 3.63) is 65.2 Å². The molecule has 0 N–H and O–H groups in total. The molecular weight excluding hydrogens is 250 g/mol. The second-order valence-corrected chi connectivity index (χ2v) is 4.40. The van der Waals surface area contributed by atoms with Gasteiger partial charge in [0.15, 0.2) is 5.78 Å². The molecule has 1 unspecified atom stereocenters. The Kier molecular flexibility index (Phi) is 2.78. The van der Waals surface area contributed by atoms with Gasteiger partial charge < -0.3 is 4.74 Å². The molecule has 0 spiro atoms. The maximum absolute atomic E-state index is 13.7. The third-order valence-corrected chi connectivity index (χ3v) is 3.14. The number of carbonyl (C=O) groups excluding carboxylic acids is 1. The number of hydrogen-bond donors (Lipinski definition) is 0. The summed E-state index contributed by atoms with van der Waals surface area (Å²) in [5, 5.41) is 0. The zero-order valence-corrected chi connectivity index (χ0v) is 9.90. The lowest BCUT2D eigenvalue weighted by Crippen LogP contribution is -2.21. The highest BCUT2D eigenvalue weighted by Gasteiger charge is 2.29. The van der Waals surface area contributed by atoms with Crippen molar-refractivity contribution < 1.29 is 18.3 Å². The first kappa shape index (κ1) is 11.8. The van der Waals surface area contributed by atoms with Crippen molar-refractivity contribution in [2.75, 3.05) is 0 Å². The molecular formula is C15H10F2O2. The highest BCUT2D eigenvalue weighted by atomic mass is 19.1. The van der Waals surface area contributed by atoms with E-state index in [0.29, 0.717) is 11.3 Å². The highest BCUT2D eigenvalue weighted by molar-refractivity contribution is 5.99. The lowest BCUT2D eigenvalue weighted by atomic mass is 9.96. The Hall–Kier alpha value is -2.23. The third-order valence-electron chi connectivity index (χ3n) is 3.14. The zero-order valence-electron chi connectivity index (χ0n) is 9.90. The van der Waals surface area contributed by atoms with Crippen LogP contribution in [0.2, 0.25) is 0 Å². The molecule has 0 saturated heterocycles. The van der Waals surface area contributed by atoms with Crippen molar-refractivity contribution in [1.29, 1.82) is 0 Å². The van der Waals surface area contributed by atoms with Crippen molar-refractivity contribution in [2.24, 2.45) is 0 Å². The summed E-state index contributed by atoms with van der Waals surface area (Å²) >= 11 is 0. The van der Waals surface area contributed by atoms with Gasteiger partial charge in [-0.2, -0.15) is 0 Å². The first-order valence-corrected chi connectivity index (χ1v) is 5.89. The van der Waals surface area contributed by atoms with Gasteiger partial charge >= 0.3 is 0 Å². The molecule has 4 heteroatoms. The van der Waals surface area contributed by atoms with Gasteiger partial charge in [0, 0.05) is 11.6 Å². The molecule has 0 aromatic heterocycles. The van der Waals surface area contributed by atoms with E-state index in [-0.39, 0.29) is 17.8 Å². The van der Waals surface area contributed by atoms with Crippen LogP contribution < -0.4 is 4.74 Å². The molecule has 1 atom stereocenters. The fourth-order valence-electron chi connectivity index (χ4n) is 2.21. The molecule has 1 aliphatic heterocycles. The molecule has 0 saturated carbocycles. The maximum atomic E-state index is 13.7. The number of fused-ring (bicyclic) bond motifs is 1. The van der Waals surface area contributed by atoms with Crippen LogP contribution in [0, 0.1) is 11.6 Å². The minimum atomic E-state index is -0.706. The maximum Gasteiger partial charge on any atom is 0.170 e. The summed E-state index contributed by atoms with van der Waals surface area (Å²) in [6.45, 7) is 0. The van der Waals surface area contributed by atoms with Crippen LogP contribution in [0.3, 0.4) is 0 Å². The Morgan fingerprint density at radius 1 is 1.11 bits per heavy atom. The molecule has 0 fully saturated rings. The van der Waals surface area contributed by atoms with Gasteiger partial charge in [0.05, 0.1) is 12.0 Å². The van der Waals surface area contributed by atoms with Crippen LogP contribution in [-0.4, -0.2) is 5.78 Å². The first-order chi connectivity index (χ1) is 9.15. The van der Waals surface area contributed by atoms with Crippen LogP contribution in [0.1, 0.15) is 28.4 Å². The van der Waals surface area contributed by atoms with Gasteiger partial charge in [0.1, 0.15) is 23.5 Å². The van der Waals surface area contributed by atoms with E-state index in [9.17, 15) is 13.6 Å². The van der Waals surface area contributed by atoms with Gasteiger partial charge in [0.2, 0.25) is 0 Å². The number of rotatable bonds is 1. The summed E-state index contributed by atoms with van der Waals surface area (Å²) in [7, 11) is 0. The molecule has 3 rings (SSSR count). The SMILES string of the molecule is O=C1CC(c2ccc(F)cc2F)Oc2ccccc21. The van der Waals surface area contributed by atoms with Gasteiger partial charge in [-0.05, 0) is 24.3 Å². The monoisotopic (exact) mass is 260 g/mol. The number of para-hydroxylation sites is 1. The summed E-state index contributed by atoms with van der Waals surface area (Å²) in [4.78, 5) is 12.0. The average molecular weight is 260 g/mol. The van der Waals surface area contributed by atoms with E-state index >= 15 is 0 Å². The molecule has 2 aromatic carbocycles. The van der Waals surface area contributed by atoms with Crippen LogP contribution >= 0.6 is 0 Å². The van der Waals surface area contributed by atoms with E-state index in [1.807, 2.05) is 0 Å². The minimum Gasteiger partial charge on any atom is -0.484 e. The zero-order chi connectivity index (χ0) is 13.4. The fraction of sp³-hybridized carbons (Fsp3) is 0.133. The molecule has 96 valence electrons. The Morgan fingerprint density at radius 3 is 2.68 bits per heavy atom. The number of ether oxygens (including phenoxy) is 1. The topological polar surface area (TPSA) is 26.3 Å². The van der Waals surface area contributed by atoms with Crippen molar-refractivity contribution in [3.8, 4) is 5.75 Å². The van der Waals surface area contributed by atoms with Crippen LogP contribution in [0.15, 0.2) is 42.5 Å². The van der Waals surface area contributed by atoms with E-state index < -0.39 is 17.7 Å². The van der Waals surface area contributed by atoms with E-state index in [1.54, 1.807) is 24.3 Å². The number of carbonyl (C=O) groups is 1. The molecule has 0 radical (unpaired) electrons.